The molecule has 0 aliphatic carbocycles. The Balaban J connectivity index is 1.25. The van der Waals surface area contributed by atoms with Crippen LogP contribution in [0.25, 0.3) is 99.9 Å². The molecule has 0 bridgehead atoms. The third kappa shape index (κ3) is 5.13. The highest BCUT2D eigenvalue weighted by molar-refractivity contribution is 6.15. The average Bonchev–Trinajstić information content (AvgIpc) is 3.59. The van der Waals surface area contributed by atoms with E-state index in [1.807, 2.05) is 18.2 Å². The van der Waals surface area contributed by atoms with E-state index >= 15 is 0 Å². The van der Waals surface area contributed by atoms with E-state index in [-0.39, 0.29) is 0 Å². The van der Waals surface area contributed by atoms with Gasteiger partial charge in [0.15, 0.2) is 17.5 Å². The zero-order valence-electron chi connectivity index (χ0n) is 27.5. The summed E-state index contributed by atoms with van der Waals surface area (Å²) in [5.74, 6) is 1.82. The summed E-state index contributed by atoms with van der Waals surface area (Å²) in [5, 5.41) is 6.60. The van der Waals surface area contributed by atoms with Gasteiger partial charge in [0.1, 0.15) is 11.2 Å². The maximum Gasteiger partial charge on any atom is 0.165 e. The third-order valence-corrected chi connectivity index (χ3v) is 9.72. The Kier molecular flexibility index (Phi) is 6.78. The summed E-state index contributed by atoms with van der Waals surface area (Å²) in [4.78, 5) is 15.7. The molecule has 2 aromatic heterocycles. The van der Waals surface area contributed by atoms with Crippen LogP contribution in [-0.4, -0.2) is 15.0 Å². The van der Waals surface area contributed by atoms with Gasteiger partial charge in [0.2, 0.25) is 0 Å². The fraction of sp³-hybridized carbons (Fsp3) is 0. The Bertz CT molecular complexity index is 2810. The molecule has 0 aliphatic heterocycles. The van der Waals surface area contributed by atoms with Crippen molar-refractivity contribution in [1.82, 2.24) is 15.0 Å². The van der Waals surface area contributed by atoms with Crippen LogP contribution in [-0.2, 0) is 0 Å². The van der Waals surface area contributed by atoms with Crippen LogP contribution in [0.3, 0.4) is 0 Å². The van der Waals surface area contributed by atoms with Crippen molar-refractivity contribution >= 4 is 43.5 Å². The first kappa shape index (κ1) is 29.0. The van der Waals surface area contributed by atoms with Crippen LogP contribution >= 0.6 is 0 Å². The summed E-state index contributed by atoms with van der Waals surface area (Å²) in [5.41, 5.74) is 8.81. The van der Waals surface area contributed by atoms with Crippen molar-refractivity contribution in [2.45, 2.75) is 0 Å². The lowest BCUT2D eigenvalue weighted by atomic mass is 9.93. The Morgan fingerprint density at radius 1 is 0.333 bits per heavy atom. The standard InChI is InChI=1S/C47H29N3O/c1-2-10-30(11-3-1)33-18-22-34(23-19-33)39-26-27-42-43(40-16-8-9-17-41(40)51-42)44(39)47-49-45(37-24-20-31-12-4-6-14-35(31)28-37)48-46(50-47)38-25-21-32-13-5-7-15-36(32)29-38/h1-29H. The van der Waals surface area contributed by atoms with Crippen LogP contribution < -0.4 is 0 Å². The number of benzene rings is 8. The second-order valence-corrected chi connectivity index (χ2v) is 12.8. The molecule has 0 saturated heterocycles. The highest BCUT2D eigenvalue weighted by Gasteiger charge is 2.22. The van der Waals surface area contributed by atoms with Crippen molar-refractivity contribution in [3.8, 4) is 56.4 Å². The summed E-state index contributed by atoms with van der Waals surface area (Å²) in [6.07, 6.45) is 0. The van der Waals surface area contributed by atoms with Gasteiger partial charge in [0, 0.05) is 27.5 Å². The molecule has 0 fully saturated rings. The minimum atomic E-state index is 0.593. The fourth-order valence-corrected chi connectivity index (χ4v) is 7.17. The maximum absolute atomic E-state index is 6.44. The first-order valence-corrected chi connectivity index (χ1v) is 17.1. The van der Waals surface area contributed by atoms with Crippen LogP contribution in [0.1, 0.15) is 0 Å². The molecular weight excluding hydrogens is 623 g/mol. The summed E-state index contributed by atoms with van der Waals surface area (Å²) >= 11 is 0. The SMILES string of the molecule is c1ccc(-c2ccc(-c3ccc4oc5ccccc5c4c3-c3nc(-c4ccc5ccccc5c4)nc(-c4ccc5ccccc5c4)n3)cc2)cc1. The second-order valence-electron chi connectivity index (χ2n) is 12.8. The molecule has 4 heteroatoms. The molecule has 0 N–H and O–H groups in total. The van der Waals surface area contributed by atoms with E-state index in [4.69, 9.17) is 19.4 Å². The number of hydrogen-bond acceptors (Lipinski definition) is 4. The lowest BCUT2D eigenvalue weighted by Crippen LogP contribution is -2.01. The normalized spacial score (nSPS) is 11.5. The molecule has 8 aromatic carbocycles. The van der Waals surface area contributed by atoms with Gasteiger partial charge in [-0.25, -0.2) is 15.0 Å². The van der Waals surface area contributed by atoms with E-state index in [1.165, 1.54) is 16.3 Å². The lowest BCUT2D eigenvalue weighted by molar-refractivity contribution is 0.669. The molecule has 10 rings (SSSR count). The van der Waals surface area contributed by atoms with Crippen LogP contribution in [0.5, 0.6) is 0 Å². The molecule has 4 nitrogen and oxygen atoms in total. The van der Waals surface area contributed by atoms with Crippen molar-refractivity contribution in [2.24, 2.45) is 0 Å². The molecule has 2 heterocycles. The zero-order valence-corrected chi connectivity index (χ0v) is 27.5. The smallest absolute Gasteiger partial charge is 0.165 e. The van der Waals surface area contributed by atoms with Gasteiger partial charge in [-0.3, -0.25) is 0 Å². The molecule has 0 atom stereocenters. The van der Waals surface area contributed by atoms with Gasteiger partial charge in [0.25, 0.3) is 0 Å². The van der Waals surface area contributed by atoms with Crippen molar-refractivity contribution in [3.63, 3.8) is 0 Å². The largest absolute Gasteiger partial charge is 0.456 e. The second kappa shape index (κ2) is 11.9. The summed E-state index contributed by atoms with van der Waals surface area (Å²) in [6, 6.07) is 61.1. The Labute approximate surface area is 294 Å². The summed E-state index contributed by atoms with van der Waals surface area (Å²) in [6.45, 7) is 0. The third-order valence-electron chi connectivity index (χ3n) is 9.72. The van der Waals surface area contributed by atoms with Crippen molar-refractivity contribution < 1.29 is 4.42 Å². The van der Waals surface area contributed by atoms with Crippen molar-refractivity contribution in [1.29, 1.82) is 0 Å². The van der Waals surface area contributed by atoms with E-state index in [2.05, 4.69) is 158 Å². The van der Waals surface area contributed by atoms with Gasteiger partial charge >= 0.3 is 0 Å². The molecule has 0 unspecified atom stereocenters. The summed E-state index contributed by atoms with van der Waals surface area (Å²) < 4.78 is 6.44. The van der Waals surface area contributed by atoms with E-state index in [9.17, 15) is 0 Å². The van der Waals surface area contributed by atoms with Crippen LogP contribution in [0.2, 0.25) is 0 Å². The van der Waals surface area contributed by atoms with Gasteiger partial charge in [-0.2, -0.15) is 0 Å². The highest BCUT2D eigenvalue weighted by atomic mass is 16.3. The van der Waals surface area contributed by atoms with E-state index in [1.54, 1.807) is 0 Å². The molecule has 0 saturated carbocycles. The molecule has 10 aromatic rings. The van der Waals surface area contributed by atoms with Gasteiger partial charge < -0.3 is 4.42 Å². The number of para-hydroxylation sites is 1. The number of aromatic nitrogens is 3. The average molecular weight is 652 g/mol. The fourth-order valence-electron chi connectivity index (χ4n) is 7.17. The summed E-state index contributed by atoms with van der Waals surface area (Å²) in [7, 11) is 0. The molecule has 0 radical (unpaired) electrons. The number of furan rings is 1. The Hall–Kier alpha value is -6.91. The zero-order chi connectivity index (χ0) is 33.7. The van der Waals surface area contributed by atoms with E-state index in [0.717, 1.165) is 66.1 Å². The highest BCUT2D eigenvalue weighted by Crippen LogP contribution is 2.43. The van der Waals surface area contributed by atoms with Crippen molar-refractivity contribution in [2.75, 3.05) is 0 Å². The van der Waals surface area contributed by atoms with Crippen molar-refractivity contribution in [3.05, 3.63) is 176 Å². The predicted octanol–water partition coefficient (Wildman–Crippen LogP) is 12.4. The van der Waals surface area contributed by atoms with Crippen LogP contribution in [0.4, 0.5) is 0 Å². The van der Waals surface area contributed by atoms with Crippen LogP contribution in [0.15, 0.2) is 180 Å². The predicted molar refractivity (Wildman–Crippen MR) is 209 cm³/mol. The van der Waals surface area contributed by atoms with E-state index in [0.29, 0.717) is 17.5 Å². The maximum atomic E-state index is 6.44. The molecule has 51 heavy (non-hydrogen) atoms. The monoisotopic (exact) mass is 651 g/mol. The lowest BCUT2D eigenvalue weighted by Gasteiger charge is -2.14. The first-order valence-electron chi connectivity index (χ1n) is 17.1. The van der Waals surface area contributed by atoms with E-state index < -0.39 is 0 Å². The van der Waals surface area contributed by atoms with Gasteiger partial charge in [-0.05, 0) is 74.1 Å². The number of hydrogen-bond donors (Lipinski definition) is 0. The number of fused-ring (bicyclic) bond motifs is 5. The molecule has 0 aliphatic rings. The van der Waals surface area contributed by atoms with Gasteiger partial charge in [-0.15, -0.1) is 0 Å². The molecule has 0 amide bonds. The molecule has 0 spiro atoms. The quantitative estimate of drug-likeness (QED) is 0.186. The number of nitrogens with zero attached hydrogens (tertiary/aromatic N) is 3. The molecule has 238 valence electrons. The van der Waals surface area contributed by atoms with Gasteiger partial charge in [0.05, 0.1) is 0 Å². The van der Waals surface area contributed by atoms with Gasteiger partial charge in [-0.1, -0.05) is 146 Å². The Morgan fingerprint density at radius 3 is 1.51 bits per heavy atom. The topological polar surface area (TPSA) is 51.8 Å². The molecular formula is C47H29N3O. The first-order chi connectivity index (χ1) is 25.2. The number of rotatable bonds is 5. The Morgan fingerprint density at radius 2 is 0.843 bits per heavy atom. The van der Waals surface area contributed by atoms with Crippen LogP contribution in [0, 0.1) is 0 Å². The minimum Gasteiger partial charge on any atom is -0.456 e. The minimum absolute atomic E-state index is 0.593.